The predicted molar refractivity (Wildman–Crippen MR) is 85.0 cm³/mol. The molecule has 2 aromatic rings. The van der Waals surface area contributed by atoms with Crippen molar-refractivity contribution in [3.05, 3.63) is 22.3 Å². The lowest BCUT2D eigenvalue weighted by Crippen LogP contribution is -2.13. The standard InChI is InChI=1S/C14H17BrN4O3/c1-3-4-5-22-11-7-9(15)8(6-10(11)21-2)12-13(14(16)20)18-19-17-12/h6-7H,3-5H2,1-2H3,(H2,16,20)(H,17,18,19). The molecule has 0 spiro atoms. The molecular weight excluding hydrogens is 352 g/mol. The van der Waals surface area contributed by atoms with Crippen LogP contribution in [0.5, 0.6) is 11.5 Å². The van der Waals surface area contributed by atoms with Gasteiger partial charge in [-0.2, -0.15) is 15.4 Å². The molecule has 0 atom stereocenters. The fourth-order valence-electron chi connectivity index (χ4n) is 1.91. The third-order valence-electron chi connectivity index (χ3n) is 3.05. The van der Waals surface area contributed by atoms with E-state index >= 15 is 0 Å². The van der Waals surface area contributed by atoms with E-state index < -0.39 is 5.91 Å². The van der Waals surface area contributed by atoms with E-state index in [0.29, 0.717) is 33.8 Å². The highest BCUT2D eigenvalue weighted by Gasteiger charge is 2.20. The van der Waals surface area contributed by atoms with Gasteiger partial charge in [0.1, 0.15) is 5.69 Å². The first-order valence-corrected chi connectivity index (χ1v) is 7.59. The highest BCUT2D eigenvalue weighted by atomic mass is 79.9. The number of hydrogen-bond acceptors (Lipinski definition) is 5. The summed E-state index contributed by atoms with van der Waals surface area (Å²) in [5.41, 5.74) is 6.37. The second-order valence-corrected chi connectivity index (χ2v) is 5.42. The van der Waals surface area contributed by atoms with Gasteiger partial charge in [0.15, 0.2) is 17.2 Å². The lowest BCUT2D eigenvalue weighted by molar-refractivity contribution is 0.0996. The number of halogens is 1. The van der Waals surface area contributed by atoms with Crippen LogP contribution in [0, 0.1) is 0 Å². The van der Waals surface area contributed by atoms with Crippen LogP contribution in [0.2, 0.25) is 0 Å². The Kier molecular flexibility index (Phi) is 5.37. The fraction of sp³-hybridized carbons (Fsp3) is 0.357. The quantitative estimate of drug-likeness (QED) is 0.730. The summed E-state index contributed by atoms with van der Waals surface area (Å²) in [4.78, 5) is 11.4. The van der Waals surface area contributed by atoms with Crippen molar-refractivity contribution in [2.24, 2.45) is 5.73 Å². The lowest BCUT2D eigenvalue weighted by atomic mass is 10.1. The monoisotopic (exact) mass is 368 g/mol. The third-order valence-corrected chi connectivity index (χ3v) is 3.70. The third kappa shape index (κ3) is 3.38. The number of rotatable bonds is 7. The first-order valence-electron chi connectivity index (χ1n) is 6.79. The smallest absolute Gasteiger partial charge is 0.271 e. The molecule has 1 aromatic heterocycles. The maximum atomic E-state index is 11.4. The Balaban J connectivity index is 2.41. The van der Waals surface area contributed by atoms with Gasteiger partial charge in [0.25, 0.3) is 5.91 Å². The van der Waals surface area contributed by atoms with Crippen LogP contribution in [0.25, 0.3) is 11.3 Å². The number of nitrogens with two attached hydrogens (primary N) is 1. The van der Waals surface area contributed by atoms with Crippen LogP contribution in [0.15, 0.2) is 16.6 Å². The number of unbranched alkanes of at least 4 members (excludes halogenated alkanes) is 1. The minimum Gasteiger partial charge on any atom is -0.493 e. The molecule has 0 saturated heterocycles. The largest absolute Gasteiger partial charge is 0.493 e. The van der Waals surface area contributed by atoms with Gasteiger partial charge in [-0.1, -0.05) is 13.3 Å². The molecule has 0 fully saturated rings. The summed E-state index contributed by atoms with van der Waals surface area (Å²) >= 11 is 3.45. The zero-order valence-corrected chi connectivity index (χ0v) is 13.9. The first-order chi connectivity index (χ1) is 10.6. The Labute approximate surface area is 136 Å². The average Bonchev–Trinajstić information content (AvgIpc) is 2.97. The van der Waals surface area contributed by atoms with E-state index in [2.05, 4.69) is 38.3 Å². The van der Waals surface area contributed by atoms with Gasteiger partial charge < -0.3 is 15.2 Å². The van der Waals surface area contributed by atoms with Gasteiger partial charge in [-0.05, 0) is 34.5 Å². The molecule has 118 valence electrons. The van der Waals surface area contributed by atoms with E-state index in [0.717, 1.165) is 12.8 Å². The Morgan fingerprint density at radius 1 is 1.36 bits per heavy atom. The molecule has 0 aliphatic heterocycles. The van der Waals surface area contributed by atoms with Crippen LogP contribution in [0.3, 0.4) is 0 Å². The molecule has 1 amide bonds. The number of ether oxygens (including phenoxy) is 2. The second kappa shape index (κ2) is 7.26. The number of carbonyl (C=O) groups excluding carboxylic acids is 1. The van der Waals surface area contributed by atoms with E-state index in [4.69, 9.17) is 15.2 Å². The van der Waals surface area contributed by atoms with Crippen LogP contribution in [-0.4, -0.2) is 35.0 Å². The van der Waals surface area contributed by atoms with Gasteiger partial charge in [0.05, 0.1) is 13.7 Å². The van der Waals surface area contributed by atoms with E-state index in [1.54, 1.807) is 19.2 Å². The molecule has 0 saturated carbocycles. The molecule has 1 aromatic carbocycles. The number of H-pyrrole nitrogens is 1. The second-order valence-electron chi connectivity index (χ2n) is 4.57. The topological polar surface area (TPSA) is 103 Å². The van der Waals surface area contributed by atoms with Crippen LogP contribution in [-0.2, 0) is 0 Å². The van der Waals surface area contributed by atoms with Crippen LogP contribution in [0.1, 0.15) is 30.3 Å². The highest BCUT2D eigenvalue weighted by molar-refractivity contribution is 9.10. The van der Waals surface area contributed by atoms with Crippen LogP contribution < -0.4 is 15.2 Å². The van der Waals surface area contributed by atoms with Gasteiger partial charge in [0, 0.05) is 10.0 Å². The number of benzene rings is 1. The fourth-order valence-corrected chi connectivity index (χ4v) is 2.42. The zero-order chi connectivity index (χ0) is 16.1. The number of hydrogen-bond donors (Lipinski definition) is 2. The maximum absolute atomic E-state index is 11.4. The van der Waals surface area contributed by atoms with Crippen molar-refractivity contribution in [2.75, 3.05) is 13.7 Å². The molecule has 0 aliphatic carbocycles. The van der Waals surface area contributed by atoms with E-state index in [1.165, 1.54) is 0 Å². The molecule has 0 aliphatic rings. The van der Waals surface area contributed by atoms with Gasteiger partial charge in [-0.3, -0.25) is 4.79 Å². The van der Waals surface area contributed by atoms with Gasteiger partial charge in [-0.15, -0.1) is 0 Å². The Hall–Kier alpha value is -2.09. The molecule has 3 N–H and O–H groups in total. The number of primary amides is 1. The summed E-state index contributed by atoms with van der Waals surface area (Å²) in [5, 5.41) is 10.2. The first kappa shape index (κ1) is 16.3. The number of methoxy groups -OCH3 is 1. The minimum atomic E-state index is -0.655. The van der Waals surface area contributed by atoms with Gasteiger partial charge in [-0.25, -0.2) is 0 Å². The number of aromatic amines is 1. The number of aromatic nitrogens is 3. The summed E-state index contributed by atoms with van der Waals surface area (Å²) in [6.07, 6.45) is 2.00. The number of amides is 1. The molecule has 22 heavy (non-hydrogen) atoms. The lowest BCUT2D eigenvalue weighted by Gasteiger charge is -2.13. The summed E-state index contributed by atoms with van der Waals surface area (Å²) < 4.78 is 11.8. The van der Waals surface area contributed by atoms with Gasteiger partial charge in [0.2, 0.25) is 0 Å². The molecule has 8 heteroatoms. The summed E-state index contributed by atoms with van der Waals surface area (Å²) in [5.74, 6) is 0.515. The molecule has 1 heterocycles. The van der Waals surface area contributed by atoms with Crippen molar-refractivity contribution >= 4 is 21.8 Å². The minimum absolute atomic E-state index is 0.0717. The van der Waals surface area contributed by atoms with Crippen molar-refractivity contribution in [2.45, 2.75) is 19.8 Å². The van der Waals surface area contributed by atoms with E-state index in [9.17, 15) is 4.79 Å². The zero-order valence-electron chi connectivity index (χ0n) is 12.4. The Morgan fingerprint density at radius 3 is 2.77 bits per heavy atom. The molecule has 0 unspecified atom stereocenters. The molecule has 7 nitrogen and oxygen atoms in total. The molecule has 0 bridgehead atoms. The molecule has 0 radical (unpaired) electrons. The van der Waals surface area contributed by atoms with Crippen LogP contribution >= 0.6 is 15.9 Å². The molecule has 2 rings (SSSR count). The Bertz CT molecular complexity index is 672. The average molecular weight is 369 g/mol. The SMILES string of the molecule is CCCCOc1cc(Br)c(-c2n[nH]nc2C(N)=O)cc1OC. The number of nitrogens with zero attached hydrogens (tertiary/aromatic N) is 2. The number of nitrogens with one attached hydrogen (secondary N) is 1. The van der Waals surface area contributed by atoms with Gasteiger partial charge >= 0.3 is 0 Å². The maximum Gasteiger partial charge on any atom is 0.271 e. The van der Waals surface area contributed by atoms with Crippen LogP contribution in [0.4, 0.5) is 0 Å². The highest BCUT2D eigenvalue weighted by Crippen LogP contribution is 2.38. The summed E-state index contributed by atoms with van der Waals surface area (Å²) in [7, 11) is 1.55. The normalized spacial score (nSPS) is 10.5. The van der Waals surface area contributed by atoms with Crippen molar-refractivity contribution in [1.29, 1.82) is 0 Å². The Morgan fingerprint density at radius 2 is 2.14 bits per heavy atom. The predicted octanol–water partition coefficient (Wildman–Crippen LogP) is 2.52. The van der Waals surface area contributed by atoms with Crippen molar-refractivity contribution in [3.8, 4) is 22.8 Å². The van der Waals surface area contributed by atoms with E-state index in [1.807, 2.05) is 0 Å². The summed E-state index contributed by atoms with van der Waals surface area (Å²) in [6.45, 7) is 2.70. The van der Waals surface area contributed by atoms with Crippen molar-refractivity contribution in [1.82, 2.24) is 15.4 Å². The number of carbonyl (C=O) groups is 1. The van der Waals surface area contributed by atoms with Crippen molar-refractivity contribution < 1.29 is 14.3 Å². The van der Waals surface area contributed by atoms with E-state index in [-0.39, 0.29) is 5.69 Å². The summed E-state index contributed by atoms with van der Waals surface area (Å²) in [6, 6.07) is 3.51. The van der Waals surface area contributed by atoms with Crippen molar-refractivity contribution in [3.63, 3.8) is 0 Å². The molecular formula is C14H17BrN4O3.